The fourth-order valence-electron chi connectivity index (χ4n) is 2.38. The third-order valence-electron chi connectivity index (χ3n) is 3.49. The normalized spacial score (nSPS) is 13.3. The summed E-state index contributed by atoms with van der Waals surface area (Å²) in [6.07, 6.45) is 2.16. The molecule has 0 atom stereocenters. The molecule has 0 aliphatic heterocycles. The number of hydrogen-bond acceptors (Lipinski definition) is 2. The number of aryl methyl sites for hydroxylation is 2. The Labute approximate surface area is 116 Å². The second-order valence-electron chi connectivity index (χ2n) is 7.45. The van der Waals surface area contributed by atoms with Crippen LogP contribution in [0.5, 0.6) is 0 Å². The van der Waals surface area contributed by atoms with Gasteiger partial charge in [0.1, 0.15) is 0 Å². The van der Waals surface area contributed by atoms with Crippen LogP contribution in [0.2, 0.25) is 0 Å². The number of hydrogen-bond donors (Lipinski definition) is 0. The molecule has 2 heterocycles. The third kappa shape index (κ3) is 2.38. The summed E-state index contributed by atoms with van der Waals surface area (Å²) < 4.78 is 2.20. The van der Waals surface area contributed by atoms with Crippen molar-refractivity contribution in [1.29, 1.82) is 0 Å². The van der Waals surface area contributed by atoms with Gasteiger partial charge in [-0.1, -0.05) is 41.5 Å². The first kappa shape index (κ1) is 14.0. The Morgan fingerprint density at radius 2 is 1.47 bits per heavy atom. The second kappa shape index (κ2) is 4.06. The molecule has 19 heavy (non-hydrogen) atoms. The first-order valence-electron chi connectivity index (χ1n) is 6.89. The Morgan fingerprint density at radius 1 is 0.895 bits per heavy atom. The van der Waals surface area contributed by atoms with Gasteiger partial charge in [0.2, 0.25) is 0 Å². The second-order valence-corrected chi connectivity index (χ2v) is 7.45. The van der Waals surface area contributed by atoms with E-state index in [-0.39, 0.29) is 10.8 Å². The maximum atomic E-state index is 4.78. The quantitative estimate of drug-likeness (QED) is 0.717. The van der Waals surface area contributed by atoms with Crippen molar-refractivity contribution in [2.24, 2.45) is 0 Å². The molecule has 0 bridgehead atoms. The van der Waals surface area contributed by atoms with Crippen LogP contribution in [0.4, 0.5) is 0 Å². The number of fused-ring (bicyclic) bond motifs is 1. The fraction of sp³-hybridized carbons (Fsp3) is 0.625. The standard InChI is InChI=1S/C16H25N3/c1-10-14-18-12(15(3,4)5)9-19(14)11(2)13(17-10)16(6,7)8/h9H,1-8H3. The summed E-state index contributed by atoms with van der Waals surface area (Å²) in [5, 5.41) is 0. The first-order chi connectivity index (χ1) is 8.51. The minimum absolute atomic E-state index is 0.0508. The lowest BCUT2D eigenvalue weighted by Gasteiger charge is -2.21. The summed E-state index contributed by atoms with van der Waals surface area (Å²) in [5.74, 6) is 0. The van der Waals surface area contributed by atoms with Crippen molar-refractivity contribution in [2.75, 3.05) is 0 Å². The maximum absolute atomic E-state index is 4.78. The maximum Gasteiger partial charge on any atom is 0.158 e. The Bertz CT molecular complexity index is 622. The minimum Gasteiger partial charge on any atom is -0.301 e. The fourth-order valence-corrected chi connectivity index (χ4v) is 2.38. The molecular formula is C16H25N3. The zero-order valence-corrected chi connectivity index (χ0v) is 13.4. The summed E-state index contributed by atoms with van der Waals surface area (Å²) in [5.41, 5.74) is 5.56. The van der Waals surface area contributed by atoms with E-state index >= 15 is 0 Å². The molecule has 0 N–H and O–H groups in total. The van der Waals surface area contributed by atoms with Crippen LogP contribution in [-0.4, -0.2) is 14.4 Å². The van der Waals surface area contributed by atoms with Gasteiger partial charge in [-0.25, -0.2) is 4.98 Å². The molecule has 0 fully saturated rings. The van der Waals surface area contributed by atoms with Gasteiger partial charge < -0.3 is 4.40 Å². The molecule has 3 heteroatoms. The van der Waals surface area contributed by atoms with E-state index in [1.165, 1.54) is 5.69 Å². The van der Waals surface area contributed by atoms with Crippen LogP contribution in [0, 0.1) is 13.8 Å². The van der Waals surface area contributed by atoms with Crippen LogP contribution in [0.1, 0.15) is 64.3 Å². The molecule has 2 aromatic rings. The highest BCUT2D eigenvalue weighted by Gasteiger charge is 2.24. The van der Waals surface area contributed by atoms with Crippen molar-refractivity contribution in [3.8, 4) is 0 Å². The summed E-state index contributed by atoms with van der Waals surface area (Å²) >= 11 is 0. The Balaban J connectivity index is 2.79. The van der Waals surface area contributed by atoms with Crippen molar-refractivity contribution in [2.45, 2.75) is 66.2 Å². The topological polar surface area (TPSA) is 30.2 Å². The highest BCUT2D eigenvalue weighted by molar-refractivity contribution is 5.48. The molecule has 0 amide bonds. The predicted molar refractivity (Wildman–Crippen MR) is 79.9 cm³/mol. The number of aromatic nitrogens is 3. The molecular weight excluding hydrogens is 234 g/mol. The predicted octanol–water partition coefficient (Wildman–Crippen LogP) is 3.94. The Hall–Kier alpha value is -1.38. The van der Waals surface area contributed by atoms with Crippen molar-refractivity contribution in [1.82, 2.24) is 14.4 Å². The molecule has 0 unspecified atom stereocenters. The van der Waals surface area contributed by atoms with E-state index in [4.69, 9.17) is 9.97 Å². The van der Waals surface area contributed by atoms with Gasteiger partial charge in [-0.05, 0) is 13.8 Å². The van der Waals surface area contributed by atoms with Gasteiger partial charge in [-0.2, -0.15) is 0 Å². The lowest BCUT2D eigenvalue weighted by atomic mass is 9.90. The van der Waals surface area contributed by atoms with Crippen LogP contribution < -0.4 is 0 Å². The average molecular weight is 259 g/mol. The van der Waals surface area contributed by atoms with E-state index in [0.717, 1.165) is 22.7 Å². The van der Waals surface area contributed by atoms with E-state index in [1.54, 1.807) is 0 Å². The van der Waals surface area contributed by atoms with E-state index in [9.17, 15) is 0 Å². The lowest BCUT2D eigenvalue weighted by molar-refractivity contribution is 0.556. The first-order valence-corrected chi connectivity index (χ1v) is 6.89. The third-order valence-corrected chi connectivity index (χ3v) is 3.49. The molecule has 0 aliphatic carbocycles. The van der Waals surface area contributed by atoms with Gasteiger partial charge in [0.25, 0.3) is 0 Å². The summed E-state index contributed by atoms with van der Waals surface area (Å²) in [6, 6.07) is 0. The van der Waals surface area contributed by atoms with Crippen LogP contribution in [0.3, 0.4) is 0 Å². The van der Waals surface area contributed by atoms with Crippen LogP contribution in [0.25, 0.3) is 5.65 Å². The number of imidazole rings is 1. The molecule has 0 aliphatic rings. The molecule has 0 saturated heterocycles. The number of rotatable bonds is 0. The average Bonchev–Trinajstić information content (AvgIpc) is 2.66. The van der Waals surface area contributed by atoms with Gasteiger partial charge in [-0.15, -0.1) is 0 Å². The summed E-state index contributed by atoms with van der Waals surface area (Å²) in [4.78, 5) is 9.55. The zero-order valence-electron chi connectivity index (χ0n) is 13.4. The van der Waals surface area contributed by atoms with Gasteiger partial charge in [0.15, 0.2) is 5.65 Å². The monoisotopic (exact) mass is 259 g/mol. The van der Waals surface area contributed by atoms with E-state index in [1.807, 2.05) is 6.92 Å². The van der Waals surface area contributed by atoms with Crippen molar-refractivity contribution in [3.05, 3.63) is 29.0 Å². The Kier molecular flexibility index (Phi) is 3.00. The summed E-state index contributed by atoms with van der Waals surface area (Å²) in [6.45, 7) is 17.4. The number of nitrogens with zero attached hydrogens (tertiary/aromatic N) is 3. The zero-order chi connectivity index (χ0) is 14.6. The van der Waals surface area contributed by atoms with Gasteiger partial charge in [0.05, 0.1) is 17.1 Å². The molecule has 0 saturated carbocycles. The van der Waals surface area contributed by atoms with Crippen molar-refractivity contribution < 1.29 is 0 Å². The van der Waals surface area contributed by atoms with E-state index < -0.39 is 0 Å². The molecule has 0 aromatic carbocycles. The van der Waals surface area contributed by atoms with Crippen LogP contribution in [-0.2, 0) is 10.8 Å². The van der Waals surface area contributed by atoms with Gasteiger partial charge in [0, 0.05) is 22.7 Å². The minimum atomic E-state index is 0.0508. The van der Waals surface area contributed by atoms with E-state index in [0.29, 0.717) is 0 Å². The molecule has 0 radical (unpaired) electrons. The lowest BCUT2D eigenvalue weighted by Crippen LogP contribution is -2.18. The molecule has 2 aromatic heterocycles. The Morgan fingerprint density at radius 3 is 1.95 bits per heavy atom. The van der Waals surface area contributed by atoms with Crippen molar-refractivity contribution in [3.63, 3.8) is 0 Å². The summed E-state index contributed by atoms with van der Waals surface area (Å²) in [7, 11) is 0. The van der Waals surface area contributed by atoms with Crippen molar-refractivity contribution >= 4 is 5.65 Å². The smallest absolute Gasteiger partial charge is 0.158 e. The highest BCUT2D eigenvalue weighted by atomic mass is 15.1. The van der Waals surface area contributed by atoms with Gasteiger partial charge >= 0.3 is 0 Å². The largest absolute Gasteiger partial charge is 0.301 e. The van der Waals surface area contributed by atoms with Gasteiger partial charge in [-0.3, -0.25) is 4.98 Å². The molecule has 0 spiro atoms. The van der Waals surface area contributed by atoms with Crippen LogP contribution >= 0.6 is 0 Å². The SMILES string of the molecule is Cc1nc(C(C)(C)C)c(C)n2cc(C(C)(C)C)nc12. The van der Waals surface area contributed by atoms with Crippen LogP contribution in [0.15, 0.2) is 6.20 Å². The molecule has 104 valence electrons. The molecule has 2 rings (SSSR count). The highest BCUT2D eigenvalue weighted by Crippen LogP contribution is 2.28. The molecule has 3 nitrogen and oxygen atoms in total. The van der Waals surface area contributed by atoms with E-state index in [2.05, 4.69) is 59.1 Å².